The molecule has 0 spiro atoms. The lowest BCUT2D eigenvalue weighted by atomic mass is 10.2. The van der Waals surface area contributed by atoms with Crippen molar-refractivity contribution in [2.45, 2.75) is 24.3 Å². The van der Waals surface area contributed by atoms with Gasteiger partial charge in [0.25, 0.3) is 5.91 Å². The molecule has 0 aliphatic carbocycles. The van der Waals surface area contributed by atoms with Crippen LogP contribution in [0, 0.1) is 0 Å². The SMILES string of the molecule is C[C@H](Oc1ccc(Cl)cc1)C(=O)N1CCc2cc(S(=O)(=O)N(C)C)ccc21. The molecule has 0 saturated carbocycles. The van der Waals surface area contributed by atoms with Crippen molar-refractivity contribution >= 4 is 33.2 Å². The van der Waals surface area contributed by atoms with Crippen LogP contribution in [0.15, 0.2) is 47.4 Å². The van der Waals surface area contributed by atoms with E-state index in [4.69, 9.17) is 16.3 Å². The fraction of sp³-hybridized carbons (Fsp3) is 0.316. The van der Waals surface area contributed by atoms with E-state index in [9.17, 15) is 13.2 Å². The fourth-order valence-corrected chi connectivity index (χ4v) is 4.04. The average molecular weight is 409 g/mol. The second kappa shape index (κ2) is 7.50. The summed E-state index contributed by atoms with van der Waals surface area (Å²) in [5.74, 6) is 0.388. The van der Waals surface area contributed by atoms with E-state index >= 15 is 0 Å². The number of carbonyl (C=O) groups excluding carboxylic acids is 1. The molecule has 1 heterocycles. The summed E-state index contributed by atoms with van der Waals surface area (Å²) in [6.45, 7) is 2.19. The van der Waals surface area contributed by atoms with Gasteiger partial charge < -0.3 is 9.64 Å². The number of carbonyl (C=O) groups is 1. The molecule has 6 nitrogen and oxygen atoms in total. The van der Waals surface area contributed by atoms with E-state index in [1.807, 2.05) is 0 Å². The van der Waals surface area contributed by atoms with Crippen molar-refractivity contribution < 1.29 is 17.9 Å². The first kappa shape index (κ1) is 19.7. The van der Waals surface area contributed by atoms with E-state index < -0.39 is 16.1 Å². The van der Waals surface area contributed by atoms with Gasteiger partial charge in [0, 0.05) is 31.4 Å². The third-order valence-electron chi connectivity index (χ3n) is 4.47. The number of sulfonamides is 1. The summed E-state index contributed by atoms with van der Waals surface area (Å²) >= 11 is 5.86. The minimum absolute atomic E-state index is 0.174. The molecule has 0 fully saturated rings. The van der Waals surface area contributed by atoms with Crippen molar-refractivity contribution in [3.05, 3.63) is 53.1 Å². The average Bonchev–Trinajstić information content (AvgIpc) is 3.06. The Kier molecular flexibility index (Phi) is 5.46. The van der Waals surface area contributed by atoms with Crippen LogP contribution < -0.4 is 9.64 Å². The summed E-state index contributed by atoms with van der Waals surface area (Å²) in [4.78, 5) is 14.7. The van der Waals surface area contributed by atoms with Crippen LogP contribution in [0.3, 0.4) is 0 Å². The third-order valence-corrected chi connectivity index (χ3v) is 6.53. The lowest BCUT2D eigenvalue weighted by Crippen LogP contribution is -2.39. The molecule has 0 aromatic heterocycles. The van der Waals surface area contributed by atoms with Crippen LogP contribution in [-0.2, 0) is 21.2 Å². The van der Waals surface area contributed by atoms with Crippen LogP contribution in [-0.4, -0.2) is 45.4 Å². The van der Waals surface area contributed by atoms with Gasteiger partial charge in [0.1, 0.15) is 5.75 Å². The molecule has 2 aromatic carbocycles. The second-order valence-electron chi connectivity index (χ2n) is 6.53. The van der Waals surface area contributed by atoms with E-state index in [0.29, 0.717) is 23.7 Å². The molecule has 27 heavy (non-hydrogen) atoms. The summed E-state index contributed by atoms with van der Waals surface area (Å²) in [6.07, 6.45) is -0.0757. The van der Waals surface area contributed by atoms with Crippen LogP contribution in [0.25, 0.3) is 0 Å². The molecule has 3 rings (SSSR count). The Morgan fingerprint density at radius 3 is 2.48 bits per heavy atom. The minimum atomic E-state index is -3.50. The first-order valence-corrected chi connectivity index (χ1v) is 10.3. The molecular formula is C19H21ClN2O4S. The Hall–Kier alpha value is -2.09. The van der Waals surface area contributed by atoms with Gasteiger partial charge in [-0.1, -0.05) is 11.6 Å². The molecule has 2 aromatic rings. The minimum Gasteiger partial charge on any atom is -0.481 e. The highest BCUT2D eigenvalue weighted by Crippen LogP contribution is 2.31. The molecule has 8 heteroatoms. The fourth-order valence-electron chi connectivity index (χ4n) is 2.97. The maximum absolute atomic E-state index is 12.8. The van der Waals surface area contributed by atoms with Gasteiger partial charge in [-0.05, 0) is 61.4 Å². The van der Waals surface area contributed by atoms with Crippen molar-refractivity contribution in [3.63, 3.8) is 0 Å². The monoisotopic (exact) mass is 408 g/mol. The summed E-state index contributed by atoms with van der Waals surface area (Å²) < 4.78 is 31.5. The maximum Gasteiger partial charge on any atom is 0.267 e. The number of halogens is 1. The van der Waals surface area contributed by atoms with Crippen LogP contribution in [0.1, 0.15) is 12.5 Å². The standard InChI is InChI=1S/C19H21ClN2O4S/c1-13(26-16-6-4-15(20)5-7-16)19(23)22-11-10-14-12-17(8-9-18(14)22)27(24,25)21(2)3/h4-9,12-13H,10-11H2,1-3H3/t13-/m0/s1. The Balaban J connectivity index is 1.78. The molecule has 0 radical (unpaired) electrons. The number of fused-ring (bicyclic) bond motifs is 1. The molecule has 0 N–H and O–H groups in total. The predicted molar refractivity (Wildman–Crippen MR) is 105 cm³/mol. The van der Waals surface area contributed by atoms with Crippen molar-refractivity contribution in [1.29, 1.82) is 0 Å². The normalized spacial score (nSPS) is 14.9. The molecule has 1 aliphatic rings. The van der Waals surface area contributed by atoms with Crippen molar-refractivity contribution in [2.75, 3.05) is 25.5 Å². The largest absolute Gasteiger partial charge is 0.481 e. The Morgan fingerprint density at radius 2 is 1.85 bits per heavy atom. The van der Waals surface area contributed by atoms with Crippen molar-refractivity contribution in [3.8, 4) is 5.75 Å². The zero-order valence-electron chi connectivity index (χ0n) is 15.3. The first-order chi connectivity index (χ1) is 12.7. The van der Waals surface area contributed by atoms with E-state index in [1.165, 1.54) is 24.5 Å². The van der Waals surface area contributed by atoms with E-state index in [2.05, 4.69) is 0 Å². The highest BCUT2D eigenvalue weighted by atomic mass is 35.5. The molecule has 0 bridgehead atoms. The molecule has 1 aliphatic heterocycles. The lowest BCUT2D eigenvalue weighted by molar-refractivity contribution is -0.124. The zero-order chi connectivity index (χ0) is 19.8. The molecule has 0 saturated heterocycles. The topological polar surface area (TPSA) is 66.9 Å². The quantitative estimate of drug-likeness (QED) is 0.762. The molecule has 1 amide bonds. The second-order valence-corrected chi connectivity index (χ2v) is 9.12. The summed E-state index contributed by atoms with van der Waals surface area (Å²) in [7, 11) is -0.514. The molecule has 144 valence electrons. The van der Waals surface area contributed by atoms with Gasteiger partial charge in [-0.2, -0.15) is 0 Å². The number of ether oxygens (including phenoxy) is 1. The summed E-state index contributed by atoms with van der Waals surface area (Å²) in [5, 5.41) is 0.596. The number of benzene rings is 2. The van der Waals surface area contributed by atoms with Crippen molar-refractivity contribution in [1.82, 2.24) is 4.31 Å². The highest BCUT2D eigenvalue weighted by molar-refractivity contribution is 7.89. The smallest absolute Gasteiger partial charge is 0.267 e. The van der Waals surface area contributed by atoms with Crippen molar-refractivity contribution in [2.24, 2.45) is 0 Å². The van der Waals surface area contributed by atoms with Gasteiger partial charge in [0.15, 0.2) is 6.10 Å². The number of amides is 1. The number of rotatable bonds is 5. The predicted octanol–water partition coefficient (Wildman–Crippen LogP) is 2.95. The Labute approximate surface area is 164 Å². The van der Waals surface area contributed by atoms with Gasteiger partial charge in [0.2, 0.25) is 10.0 Å². The first-order valence-electron chi connectivity index (χ1n) is 8.49. The number of hydrogen-bond acceptors (Lipinski definition) is 4. The number of hydrogen-bond donors (Lipinski definition) is 0. The van der Waals surface area contributed by atoms with Gasteiger partial charge in [-0.15, -0.1) is 0 Å². The van der Waals surface area contributed by atoms with Gasteiger partial charge in [-0.25, -0.2) is 12.7 Å². The van der Waals surface area contributed by atoms with Crippen LogP contribution in [0.4, 0.5) is 5.69 Å². The number of nitrogens with zero attached hydrogens (tertiary/aromatic N) is 2. The summed E-state index contributed by atoms with van der Waals surface area (Å²) in [5.41, 5.74) is 1.56. The van der Waals surface area contributed by atoms with Gasteiger partial charge in [-0.3, -0.25) is 4.79 Å². The van der Waals surface area contributed by atoms with E-state index in [0.717, 1.165) is 11.3 Å². The molecule has 1 atom stereocenters. The maximum atomic E-state index is 12.8. The van der Waals surface area contributed by atoms with E-state index in [1.54, 1.807) is 48.2 Å². The third kappa shape index (κ3) is 3.95. The highest BCUT2D eigenvalue weighted by Gasteiger charge is 2.30. The molecular weight excluding hydrogens is 388 g/mol. The Morgan fingerprint density at radius 1 is 1.19 bits per heavy atom. The van der Waals surface area contributed by atoms with E-state index in [-0.39, 0.29) is 10.8 Å². The van der Waals surface area contributed by atoms with Crippen LogP contribution in [0.2, 0.25) is 5.02 Å². The molecule has 0 unspecified atom stereocenters. The summed E-state index contributed by atoms with van der Waals surface area (Å²) in [6, 6.07) is 11.7. The van der Waals surface area contributed by atoms with Crippen LogP contribution in [0.5, 0.6) is 5.75 Å². The zero-order valence-corrected chi connectivity index (χ0v) is 16.9. The van der Waals surface area contributed by atoms with Gasteiger partial charge >= 0.3 is 0 Å². The van der Waals surface area contributed by atoms with Crippen LogP contribution >= 0.6 is 11.6 Å². The lowest BCUT2D eigenvalue weighted by Gasteiger charge is -2.22. The Bertz CT molecular complexity index is 958. The van der Waals surface area contributed by atoms with Gasteiger partial charge in [0.05, 0.1) is 4.90 Å². The number of anilines is 1.